The molecule has 0 spiro atoms. The first-order valence-electron chi connectivity index (χ1n) is 21.2. The molecule has 24 heteroatoms. The number of amides is 8. The maximum Gasteiger partial charge on any atom is 0.326 e. The number of phenolic OH excluding ortho intramolecular Hbond substituents is 1. The summed E-state index contributed by atoms with van der Waals surface area (Å²) in [5.74, 6) is -10.7. The van der Waals surface area contributed by atoms with Gasteiger partial charge in [-0.1, -0.05) is 52.7 Å². The van der Waals surface area contributed by atoms with Crippen molar-refractivity contribution >= 4 is 59.2 Å². The zero-order valence-corrected chi connectivity index (χ0v) is 37.3. The maximum absolute atomic E-state index is 13.5. The fourth-order valence-electron chi connectivity index (χ4n) is 5.95. The Morgan fingerprint density at radius 1 is 0.615 bits per heavy atom. The topological polar surface area (TPSA) is 400 Å². The van der Waals surface area contributed by atoms with E-state index in [1.165, 1.54) is 24.3 Å². The number of aliphatic carboxylic acids is 2. The van der Waals surface area contributed by atoms with Crippen LogP contribution in [0.5, 0.6) is 5.75 Å². The smallest absolute Gasteiger partial charge is 0.326 e. The summed E-state index contributed by atoms with van der Waals surface area (Å²) in [6.45, 7) is 5.98. The van der Waals surface area contributed by atoms with Crippen LogP contribution in [-0.2, 0) is 54.4 Å². The minimum atomic E-state index is -1.73. The molecule has 1 aromatic carbocycles. The van der Waals surface area contributed by atoms with Crippen LogP contribution in [0.15, 0.2) is 24.3 Å². The molecule has 0 aromatic heterocycles. The van der Waals surface area contributed by atoms with E-state index in [-0.39, 0.29) is 18.1 Å². The van der Waals surface area contributed by atoms with Gasteiger partial charge in [0.05, 0.1) is 31.8 Å². The summed E-state index contributed by atoms with van der Waals surface area (Å²) in [4.78, 5) is 127. The number of benzene rings is 1. The number of carboxylic acid groups (broad SMARTS) is 2. The molecule has 0 saturated carbocycles. The number of aliphatic hydroxyl groups is 1. The summed E-state index contributed by atoms with van der Waals surface area (Å²) < 4.78 is 0. The van der Waals surface area contributed by atoms with Gasteiger partial charge in [-0.25, -0.2) is 4.79 Å². The molecule has 65 heavy (non-hydrogen) atoms. The van der Waals surface area contributed by atoms with Gasteiger partial charge >= 0.3 is 11.9 Å². The Kier molecular flexibility index (Phi) is 25.4. The van der Waals surface area contributed by atoms with E-state index in [4.69, 9.17) is 11.5 Å². The van der Waals surface area contributed by atoms with Crippen molar-refractivity contribution in [1.82, 2.24) is 42.5 Å². The summed E-state index contributed by atoms with van der Waals surface area (Å²) in [5.41, 5.74) is 11.9. The summed E-state index contributed by atoms with van der Waals surface area (Å²) in [6.07, 6.45) is -0.783. The van der Waals surface area contributed by atoms with Gasteiger partial charge in [0.2, 0.25) is 47.3 Å². The monoisotopic (exact) mass is 922 g/mol. The molecule has 0 bridgehead atoms. The molecule has 1 rings (SSSR count). The Balaban J connectivity index is 3.02. The molecular formula is C41H66N10O14. The number of rotatable bonds is 30. The molecule has 0 unspecified atom stereocenters. The van der Waals surface area contributed by atoms with Gasteiger partial charge in [-0.05, 0) is 62.3 Å². The lowest BCUT2D eigenvalue weighted by Crippen LogP contribution is -2.59. The Hall–Kier alpha value is -6.40. The Morgan fingerprint density at radius 3 is 1.63 bits per heavy atom. The predicted octanol–water partition coefficient (Wildman–Crippen LogP) is -3.80. The molecule has 0 aliphatic carbocycles. The van der Waals surface area contributed by atoms with Crippen LogP contribution >= 0.6 is 0 Å². The number of aromatic hydroxyl groups is 1. The summed E-state index contributed by atoms with van der Waals surface area (Å²) in [7, 11) is 0. The van der Waals surface area contributed by atoms with Crippen LogP contribution in [-0.4, -0.2) is 148 Å². The van der Waals surface area contributed by atoms with Gasteiger partial charge in [0.25, 0.3) is 0 Å². The summed E-state index contributed by atoms with van der Waals surface area (Å²) in [6, 6.07) is -2.40. The van der Waals surface area contributed by atoms with E-state index in [0.29, 0.717) is 37.8 Å². The number of nitrogens with two attached hydrogens (primary N) is 2. The lowest BCUT2D eigenvalue weighted by molar-refractivity contribution is -0.143. The summed E-state index contributed by atoms with van der Waals surface area (Å²) in [5, 5.41) is 57.5. The van der Waals surface area contributed by atoms with Crippen LogP contribution in [0, 0.1) is 11.8 Å². The van der Waals surface area contributed by atoms with E-state index in [9.17, 15) is 68.4 Å². The number of aliphatic hydroxyl groups excluding tert-OH is 1. The van der Waals surface area contributed by atoms with Crippen LogP contribution in [0.1, 0.15) is 78.7 Å². The number of carbonyl (C=O) groups is 10. The van der Waals surface area contributed by atoms with E-state index in [1.807, 2.05) is 0 Å². The van der Waals surface area contributed by atoms with Gasteiger partial charge in [-0.2, -0.15) is 0 Å². The third kappa shape index (κ3) is 21.7. The highest BCUT2D eigenvalue weighted by molar-refractivity contribution is 5.96. The predicted molar refractivity (Wildman–Crippen MR) is 232 cm³/mol. The molecule has 0 saturated heterocycles. The van der Waals surface area contributed by atoms with Crippen molar-refractivity contribution < 1.29 is 68.4 Å². The van der Waals surface area contributed by atoms with E-state index in [1.54, 1.807) is 27.7 Å². The molecule has 0 aliphatic rings. The van der Waals surface area contributed by atoms with Crippen LogP contribution in [0.2, 0.25) is 0 Å². The van der Waals surface area contributed by atoms with E-state index >= 15 is 0 Å². The van der Waals surface area contributed by atoms with Gasteiger partial charge in [-0.3, -0.25) is 43.2 Å². The average Bonchev–Trinajstić information content (AvgIpc) is 3.24. The van der Waals surface area contributed by atoms with E-state index in [2.05, 4.69) is 42.5 Å². The minimum absolute atomic E-state index is 0.0951. The SMILES string of the molecule is CC[C@H](C)[C@H](NC(=O)[C@@H](N)CCCCN)C(=O)NCC(=O)N[C@@H](CCC(=O)O)C(=O)NCC(=O)N[C@H](C(=O)N[C@@H](Cc1ccc(O)cc1)C(=O)NCC(=O)N[C@H](C(=O)O)C(C)C)[C@@H](C)O. The number of nitrogens with one attached hydrogen (secondary N) is 8. The van der Waals surface area contributed by atoms with Crippen molar-refractivity contribution in [2.45, 2.75) is 122 Å². The Morgan fingerprint density at radius 2 is 1.14 bits per heavy atom. The van der Waals surface area contributed by atoms with Crippen molar-refractivity contribution in [2.24, 2.45) is 23.3 Å². The lowest BCUT2D eigenvalue weighted by Gasteiger charge is -2.25. The van der Waals surface area contributed by atoms with Crippen molar-refractivity contribution in [2.75, 3.05) is 26.2 Å². The fourth-order valence-corrected chi connectivity index (χ4v) is 5.95. The first kappa shape index (κ1) is 56.6. The molecule has 8 amide bonds. The minimum Gasteiger partial charge on any atom is -0.508 e. The molecular weight excluding hydrogens is 857 g/mol. The first-order chi connectivity index (χ1) is 30.5. The van der Waals surface area contributed by atoms with Gasteiger partial charge in [0, 0.05) is 12.8 Å². The molecule has 8 atom stereocenters. The van der Waals surface area contributed by atoms with Crippen LogP contribution < -0.4 is 54.0 Å². The van der Waals surface area contributed by atoms with Crippen LogP contribution in [0.4, 0.5) is 0 Å². The fraction of sp³-hybridized carbons (Fsp3) is 0.610. The second-order valence-electron chi connectivity index (χ2n) is 15.8. The molecule has 364 valence electrons. The number of carboxylic acids is 2. The molecule has 0 aliphatic heterocycles. The largest absolute Gasteiger partial charge is 0.508 e. The molecule has 24 nitrogen and oxygen atoms in total. The van der Waals surface area contributed by atoms with Crippen LogP contribution in [0.25, 0.3) is 0 Å². The normalized spacial score (nSPS) is 14.7. The van der Waals surface area contributed by atoms with Crippen molar-refractivity contribution in [3.63, 3.8) is 0 Å². The average molecular weight is 923 g/mol. The molecule has 16 N–H and O–H groups in total. The third-order valence-electron chi connectivity index (χ3n) is 10.0. The second kappa shape index (κ2) is 29.1. The molecule has 1 aromatic rings. The zero-order chi connectivity index (χ0) is 49.4. The van der Waals surface area contributed by atoms with Gasteiger partial charge in [-0.15, -0.1) is 0 Å². The maximum atomic E-state index is 13.5. The van der Waals surface area contributed by atoms with Crippen molar-refractivity contribution in [3.8, 4) is 5.75 Å². The highest BCUT2D eigenvalue weighted by atomic mass is 16.4. The second-order valence-corrected chi connectivity index (χ2v) is 15.8. The third-order valence-corrected chi connectivity index (χ3v) is 10.0. The highest BCUT2D eigenvalue weighted by Crippen LogP contribution is 2.13. The standard InChI is InChI=1S/C41H66N10O14/c1-6-22(4)34(51-36(59)26(43)9-7-8-16-42)39(62)46-18-29(54)47-27(14-15-32(57)58)37(60)44-20-31(56)50-35(23(5)52)40(63)48-28(17-24-10-12-25(53)13-11-24)38(61)45-19-30(55)49-33(21(2)3)41(64)65/h10-13,21-23,26-28,33-35,52-53H,6-9,14-20,42-43H2,1-5H3,(H,44,60)(H,45,61)(H,46,62)(H,47,54)(H,48,63)(H,49,55)(H,50,56)(H,51,59)(H,57,58)(H,64,65)/t22-,23+,26-,27-,28-,33-,34-,35-/m0/s1. The first-order valence-corrected chi connectivity index (χ1v) is 21.2. The number of unbranched alkanes of at least 4 members (excludes halogenated alkanes) is 1. The molecule has 0 heterocycles. The number of carbonyl (C=O) groups excluding carboxylic acids is 8. The zero-order valence-electron chi connectivity index (χ0n) is 37.3. The Labute approximate surface area is 376 Å². The Bertz CT molecular complexity index is 1800. The van der Waals surface area contributed by atoms with Crippen molar-refractivity contribution in [1.29, 1.82) is 0 Å². The number of hydrogen-bond acceptors (Lipinski definition) is 14. The van der Waals surface area contributed by atoms with E-state index < -0.39 is 140 Å². The highest BCUT2D eigenvalue weighted by Gasteiger charge is 2.32. The molecule has 0 radical (unpaired) electrons. The number of phenols is 1. The molecule has 0 fully saturated rings. The summed E-state index contributed by atoms with van der Waals surface area (Å²) >= 11 is 0. The van der Waals surface area contributed by atoms with Gasteiger partial charge < -0.3 is 74.4 Å². The van der Waals surface area contributed by atoms with Crippen molar-refractivity contribution in [3.05, 3.63) is 29.8 Å². The quantitative estimate of drug-likeness (QED) is 0.0329. The van der Waals surface area contributed by atoms with Gasteiger partial charge in [0.1, 0.15) is 36.0 Å². The van der Waals surface area contributed by atoms with Gasteiger partial charge in [0.15, 0.2) is 0 Å². The number of hydrogen-bond donors (Lipinski definition) is 14. The van der Waals surface area contributed by atoms with Crippen LogP contribution in [0.3, 0.4) is 0 Å². The lowest BCUT2D eigenvalue weighted by atomic mass is 9.97. The van der Waals surface area contributed by atoms with E-state index in [0.717, 1.165) is 6.92 Å².